The van der Waals surface area contributed by atoms with Crippen molar-refractivity contribution in [2.24, 2.45) is 11.8 Å². The van der Waals surface area contributed by atoms with Gasteiger partial charge in [0.25, 0.3) is 0 Å². The predicted octanol–water partition coefficient (Wildman–Crippen LogP) is 0.384. The van der Waals surface area contributed by atoms with Crippen LogP contribution in [0.2, 0.25) is 0 Å². The Labute approximate surface area is 73.3 Å². The van der Waals surface area contributed by atoms with E-state index < -0.39 is 0 Å². The van der Waals surface area contributed by atoms with Gasteiger partial charge in [-0.05, 0) is 6.54 Å². The van der Waals surface area contributed by atoms with Crippen molar-refractivity contribution >= 4 is 0 Å². The molecular weight excluding hydrogens is 154 g/mol. The zero-order chi connectivity index (χ0) is 8.55. The molecule has 2 unspecified atom stereocenters. The lowest BCUT2D eigenvalue weighted by atomic mass is 9.85. The molecule has 3 heteroatoms. The van der Waals surface area contributed by atoms with Crippen LogP contribution in [0, 0.1) is 11.8 Å². The molecule has 1 radical (unpaired) electrons. The molecule has 0 aromatic rings. The minimum atomic E-state index is -0.360. The summed E-state index contributed by atoms with van der Waals surface area (Å²) in [5.41, 5.74) is 0. The Morgan fingerprint density at radius 2 is 1.92 bits per heavy atom. The fraction of sp³-hybridized carbons (Fsp3) is 1.00. The average Bonchev–Trinajstić information content (AvgIpc) is 2.04. The molecule has 2 rings (SSSR count). The molecule has 2 fully saturated rings. The lowest BCUT2D eigenvalue weighted by Crippen LogP contribution is -2.54. The van der Waals surface area contributed by atoms with Gasteiger partial charge in [-0.25, -0.2) is 5.11 Å². The van der Waals surface area contributed by atoms with Gasteiger partial charge in [0.1, 0.15) is 6.10 Å². The van der Waals surface area contributed by atoms with Gasteiger partial charge in [-0.1, -0.05) is 6.92 Å². The molecule has 2 saturated heterocycles. The van der Waals surface area contributed by atoms with Gasteiger partial charge in [0, 0.05) is 24.9 Å². The number of nitrogens with zero attached hydrogens (tertiary/aromatic N) is 1. The first-order chi connectivity index (χ1) is 5.81. The van der Waals surface area contributed by atoms with Crippen LogP contribution in [0.5, 0.6) is 0 Å². The van der Waals surface area contributed by atoms with Crippen LogP contribution < -0.4 is 0 Å². The third-order valence-corrected chi connectivity index (χ3v) is 3.03. The molecule has 12 heavy (non-hydrogen) atoms. The number of likely N-dealkylation sites (tertiary alicyclic amines) is 1. The molecule has 2 heterocycles. The normalized spacial score (nSPS) is 43.0. The molecule has 0 aliphatic carbocycles. The molecule has 2 aliphatic rings. The number of ether oxygens (including phenoxy) is 1. The predicted molar refractivity (Wildman–Crippen MR) is 44.4 cm³/mol. The van der Waals surface area contributed by atoms with Crippen LogP contribution in [0.4, 0.5) is 0 Å². The van der Waals surface area contributed by atoms with E-state index in [2.05, 4.69) is 11.8 Å². The molecule has 2 atom stereocenters. The van der Waals surface area contributed by atoms with Gasteiger partial charge in [0.2, 0.25) is 0 Å². The van der Waals surface area contributed by atoms with Crippen molar-refractivity contribution in [1.82, 2.24) is 4.90 Å². The summed E-state index contributed by atoms with van der Waals surface area (Å²) in [5.74, 6) is 0.495. The molecule has 2 bridgehead atoms. The van der Waals surface area contributed by atoms with Crippen molar-refractivity contribution < 1.29 is 9.84 Å². The zero-order valence-electron chi connectivity index (χ0n) is 7.53. The highest BCUT2D eigenvalue weighted by atomic mass is 16.5. The highest BCUT2D eigenvalue weighted by Gasteiger charge is 2.39. The van der Waals surface area contributed by atoms with Gasteiger partial charge < -0.3 is 9.64 Å². The second-order valence-corrected chi connectivity index (χ2v) is 3.87. The molecule has 0 N–H and O–H groups in total. The number of piperidine rings is 1. The summed E-state index contributed by atoms with van der Waals surface area (Å²) in [6, 6.07) is 0. The van der Waals surface area contributed by atoms with Crippen molar-refractivity contribution in [1.29, 1.82) is 0 Å². The van der Waals surface area contributed by atoms with Gasteiger partial charge in [0.15, 0.2) is 0 Å². The van der Waals surface area contributed by atoms with Crippen LogP contribution in [-0.2, 0) is 9.84 Å². The summed E-state index contributed by atoms with van der Waals surface area (Å²) in [6.45, 7) is 6.48. The Balaban J connectivity index is 2.02. The van der Waals surface area contributed by atoms with E-state index in [1.807, 2.05) is 0 Å². The summed E-state index contributed by atoms with van der Waals surface area (Å²) in [7, 11) is 0. The summed E-state index contributed by atoms with van der Waals surface area (Å²) in [6.07, 6.45) is -0.360. The van der Waals surface area contributed by atoms with E-state index in [9.17, 15) is 5.11 Å². The molecule has 2 aliphatic heterocycles. The summed E-state index contributed by atoms with van der Waals surface area (Å²) in [5, 5.41) is 11.6. The van der Waals surface area contributed by atoms with Crippen molar-refractivity contribution in [3.05, 3.63) is 0 Å². The number of fused-ring (bicyclic) bond motifs is 2. The zero-order valence-corrected chi connectivity index (χ0v) is 7.53. The van der Waals surface area contributed by atoms with E-state index in [1.54, 1.807) is 0 Å². The molecule has 0 aromatic heterocycles. The van der Waals surface area contributed by atoms with Crippen molar-refractivity contribution in [2.45, 2.75) is 13.0 Å². The van der Waals surface area contributed by atoms with Gasteiger partial charge in [-0.2, -0.15) is 0 Å². The lowest BCUT2D eigenvalue weighted by Gasteiger charge is -2.43. The van der Waals surface area contributed by atoms with Gasteiger partial charge in [-0.3, -0.25) is 0 Å². The Kier molecular flexibility index (Phi) is 2.35. The van der Waals surface area contributed by atoms with E-state index in [1.165, 1.54) is 0 Å². The van der Waals surface area contributed by atoms with Gasteiger partial charge in [0.05, 0.1) is 13.2 Å². The Hall–Kier alpha value is -0.120. The number of hydrogen-bond donors (Lipinski definition) is 0. The molecule has 0 spiro atoms. The van der Waals surface area contributed by atoms with E-state index in [0.29, 0.717) is 13.2 Å². The fourth-order valence-corrected chi connectivity index (χ4v) is 2.25. The highest BCUT2D eigenvalue weighted by Crippen LogP contribution is 2.27. The first-order valence-electron chi connectivity index (χ1n) is 4.77. The third kappa shape index (κ3) is 1.37. The second kappa shape index (κ2) is 3.32. The Morgan fingerprint density at radius 3 is 2.42 bits per heavy atom. The first-order valence-corrected chi connectivity index (χ1v) is 4.77. The van der Waals surface area contributed by atoms with Crippen LogP contribution in [0.3, 0.4) is 0 Å². The topological polar surface area (TPSA) is 32.4 Å². The first kappa shape index (κ1) is 8.48. The minimum Gasteiger partial charge on any atom is -0.381 e. The van der Waals surface area contributed by atoms with Crippen LogP contribution in [0.25, 0.3) is 0 Å². The number of rotatable bonds is 1. The highest BCUT2D eigenvalue weighted by molar-refractivity contribution is 4.88. The van der Waals surface area contributed by atoms with Crippen LogP contribution in [-0.4, -0.2) is 43.9 Å². The molecule has 0 aromatic carbocycles. The molecular formula is C9H16NO2. The van der Waals surface area contributed by atoms with Crippen molar-refractivity contribution in [3.63, 3.8) is 0 Å². The molecule has 0 saturated carbocycles. The van der Waals surface area contributed by atoms with Gasteiger partial charge in [-0.15, -0.1) is 0 Å². The van der Waals surface area contributed by atoms with Crippen molar-refractivity contribution in [2.75, 3.05) is 32.8 Å². The monoisotopic (exact) mass is 170 g/mol. The summed E-state index contributed by atoms with van der Waals surface area (Å²) < 4.78 is 5.37. The minimum absolute atomic E-state index is 0.248. The number of hydrogen-bond acceptors (Lipinski definition) is 2. The largest absolute Gasteiger partial charge is 0.381 e. The maximum Gasteiger partial charge on any atom is 0.105 e. The molecule has 3 nitrogen and oxygen atoms in total. The Morgan fingerprint density at radius 1 is 1.33 bits per heavy atom. The maximum atomic E-state index is 11.6. The summed E-state index contributed by atoms with van der Waals surface area (Å²) in [4.78, 5) is 2.37. The second-order valence-electron chi connectivity index (χ2n) is 3.87. The van der Waals surface area contributed by atoms with E-state index in [0.717, 1.165) is 19.6 Å². The third-order valence-electron chi connectivity index (χ3n) is 3.03. The molecule has 0 amide bonds. The molecule has 69 valence electrons. The van der Waals surface area contributed by atoms with E-state index in [4.69, 9.17) is 4.74 Å². The average molecular weight is 170 g/mol. The van der Waals surface area contributed by atoms with Crippen LogP contribution in [0.15, 0.2) is 0 Å². The SMILES string of the molecule is CCN1CC2COCC(C1)C2[O]. The van der Waals surface area contributed by atoms with E-state index in [-0.39, 0.29) is 17.9 Å². The fourth-order valence-electron chi connectivity index (χ4n) is 2.25. The maximum absolute atomic E-state index is 11.6. The summed E-state index contributed by atoms with van der Waals surface area (Å²) >= 11 is 0. The standard InChI is InChI=1S/C9H16NO2/c1-2-10-3-7-5-12-6-8(4-10)9(7)11/h7-9H,2-6H2,1H3. The van der Waals surface area contributed by atoms with E-state index >= 15 is 0 Å². The van der Waals surface area contributed by atoms with Crippen molar-refractivity contribution in [3.8, 4) is 0 Å². The van der Waals surface area contributed by atoms with Gasteiger partial charge >= 0.3 is 0 Å². The van der Waals surface area contributed by atoms with Crippen LogP contribution >= 0.6 is 0 Å². The smallest absolute Gasteiger partial charge is 0.105 e. The Bertz CT molecular complexity index is 149. The quantitative estimate of drug-likeness (QED) is 0.570. The lowest BCUT2D eigenvalue weighted by molar-refractivity contribution is -0.147. The van der Waals surface area contributed by atoms with Crippen LogP contribution in [0.1, 0.15) is 6.92 Å².